The van der Waals surface area contributed by atoms with Crippen LogP contribution in [0.5, 0.6) is 0 Å². The Kier molecular flexibility index (Phi) is 14.5. The lowest BCUT2D eigenvalue weighted by Crippen LogP contribution is -2.39. The maximum atomic E-state index is 9.47. The number of rotatable bonds is 15. The molecule has 0 aliphatic heterocycles. The minimum Gasteiger partial charge on any atom is -0.396 e. The Morgan fingerprint density at radius 2 is 1.41 bits per heavy atom. The Bertz CT molecular complexity index is 499. The molecule has 29 heavy (non-hydrogen) atoms. The highest BCUT2D eigenvalue weighted by Crippen LogP contribution is 2.30. The van der Waals surface area contributed by atoms with E-state index < -0.39 is 0 Å². The lowest BCUT2D eigenvalue weighted by Gasteiger charge is -2.35. The highest BCUT2D eigenvalue weighted by molar-refractivity contribution is 5.05. The van der Waals surface area contributed by atoms with Gasteiger partial charge in [0.1, 0.15) is 0 Å². The maximum Gasteiger partial charge on any atom is 0.0681 e. The molecule has 0 fully saturated rings. The van der Waals surface area contributed by atoms with Crippen LogP contribution in [0.1, 0.15) is 48.0 Å². The van der Waals surface area contributed by atoms with E-state index >= 15 is 0 Å². The largest absolute Gasteiger partial charge is 0.396 e. The number of hydrogen-bond acceptors (Lipinski definition) is 4. The molecule has 8 atom stereocenters. The number of allylic oxidation sites excluding steroid dienone is 3. The number of aliphatic hydroxyl groups excluding tert-OH is 1. The quantitative estimate of drug-likeness (QED) is 0.295. The molecule has 0 radical (unpaired) electrons. The molecule has 0 heterocycles. The second-order valence-corrected chi connectivity index (χ2v) is 8.65. The molecule has 0 rings (SSSR count). The van der Waals surface area contributed by atoms with Crippen molar-refractivity contribution in [3.05, 3.63) is 36.5 Å². The molecule has 0 aliphatic rings. The van der Waals surface area contributed by atoms with Crippen LogP contribution < -0.4 is 0 Å². The Morgan fingerprint density at radius 1 is 0.862 bits per heavy atom. The highest BCUT2D eigenvalue weighted by Gasteiger charge is 2.32. The van der Waals surface area contributed by atoms with Gasteiger partial charge >= 0.3 is 0 Å². The third kappa shape index (κ3) is 9.17. The molecular formula is C25H46O4. The van der Waals surface area contributed by atoms with E-state index in [2.05, 4.69) is 53.3 Å². The van der Waals surface area contributed by atoms with Gasteiger partial charge in [-0.2, -0.15) is 0 Å². The number of methoxy groups -OCH3 is 3. The predicted octanol–water partition coefficient (Wildman–Crippen LogP) is 5.28. The monoisotopic (exact) mass is 410 g/mol. The molecule has 170 valence electrons. The van der Waals surface area contributed by atoms with Crippen LogP contribution in [-0.2, 0) is 14.2 Å². The third-order valence-corrected chi connectivity index (χ3v) is 6.04. The summed E-state index contributed by atoms with van der Waals surface area (Å²) < 4.78 is 17.4. The van der Waals surface area contributed by atoms with Crippen LogP contribution in [0.3, 0.4) is 0 Å². The molecule has 4 heteroatoms. The maximum absolute atomic E-state index is 9.47. The van der Waals surface area contributed by atoms with Gasteiger partial charge in [-0.3, -0.25) is 0 Å². The highest BCUT2D eigenvalue weighted by atomic mass is 16.5. The lowest BCUT2D eigenvalue weighted by atomic mass is 9.81. The second-order valence-electron chi connectivity index (χ2n) is 8.65. The van der Waals surface area contributed by atoms with Crippen molar-refractivity contribution in [3.8, 4) is 0 Å². The van der Waals surface area contributed by atoms with Crippen molar-refractivity contribution in [2.75, 3.05) is 27.9 Å². The zero-order valence-electron chi connectivity index (χ0n) is 20.2. The summed E-state index contributed by atoms with van der Waals surface area (Å²) in [6.45, 7) is 16.8. The molecule has 4 nitrogen and oxygen atoms in total. The lowest BCUT2D eigenvalue weighted by molar-refractivity contribution is -0.0605. The molecule has 0 bridgehead atoms. The van der Waals surface area contributed by atoms with Crippen LogP contribution in [-0.4, -0.2) is 51.4 Å². The van der Waals surface area contributed by atoms with Crippen LogP contribution in [0.15, 0.2) is 36.5 Å². The van der Waals surface area contributed by atoms with Crippen molar-refractivity contribution in [1.82, 2.24) is 0 Å². The molecule has 0 aromatic heterocycles. The number of aliphatic hydroxyl groups is 1. The van der Waals surface area contributed by atoms with Crippen molar-refractivity contribution >= 4 is 0 Å². The van der Waals surface area contributed by atoms with Gasteiger partial charge in [0.15, 0.2) is 0 Å². The summed E-state index contributed by atoms with van der Waals surface area (Å²) in [6, 6.07) is 0. The van der Waals surface area contributed by atoms with Gasteiger partial charge in [0.05, 0.1) is 18.3 Å². The van der Waals surface area contributed by atoms with Crippen molar-refractivity contribution in [2.24, 2.45) is 29.6 Å². The van der Waals surface area contributed by atoms with Gasteiger partial charge in [0, 0.05) is 51.6 Å². The second kappa shape index (κ2) is 15.0. The van der Waals surface area contributed by atoms with Crippen molar-refractivity contribution in [2.45, 2.75) is 66.3 Å². The fraction of sp³-hybridized carbons (Fsp3) is 0.760. The van der Waals surface area contributed by atoms with Crippen molar-refractivity contribution in [1.29, 1.82) is 0 Å². The molecule has 8 unspecified atom stereocenters. The molecule has 0 saturated heterocycles. The van der Waals surface area contributed by atoms with Gasteiger partial charge in [0.2, 0.25) is 0 Å². The van der Waals surface area contributed by atoms with E-state index in [4.69, 9.17) is 14.2 Å². The van der Waals surface area contributed by atoms with Crippen molar-refractivity contribution in [3.63, 3.8) is 0 Å². The summed E-state index contributed by atoms with van der Waals surface area (Å²) in [7, 11) is 5.28. The first-order valence-electron chi connectivity index (χ1n) is 10.8. The number of ether oxygens (including phenoxy) is 3. The molecular weight excluding hydrogens is 364 g/mol. The number of hydrogen-bond donors (Lipinski definition) is 1. The minimum absolute atomic E-state index is 0.0118. The first-order valence-corrected chi connectivity index (χ1v) is 10.8. The zero-order valence-corrected chi connectivity index (χ0v) is 20.2. The molecule has 0 amide bonds. The van der Waals surface area contributed by atoms with Gasteiger partial charge in [-0.05, 0) is 19.3 Å². The Hall–Kier alpha value is -0.940. The summed E-state index contributed by atoms with van der Waals surface area (Å²) in [5.41, 5.74) is 1.32. The van der Waals surface area contributed by atoms with Crippen molar-refractivity contribution < 1.29 is 19.3 Å². The van der Waals surface area contributed by atoms with E-state index in [1.165, 1.54) is 5.57 Å². The van der Waals surface area contributed by atoms with E-state index in [9.17, 15) is 5.11 Å². The minimum atomic E-state index is 0.0118. The zero-order chi connectivity index (χ0) is 22.6. The van der Waals surface area contributed by atoms with Crippen LogP contribution in [0.25, 0.3) is 0 Å². The average Bonchev–Trinajstić information content (AvgIpc) is 2.67. The first-order chi connectivity index (χ1) is 13.7. The first kappa shape index (κ1) is 28.1. The van der Waals surface area contributed by atoms with Gasteiger partial charge in [-0.1, -0.05) is 71.1 Å². The molecule has 0 aromatic rings. The fourth-order valence-electron chi connectivity index (χ4n) is 4.73. The van der Waals surface area contributed by atoms with Crippen LogP contribution in [0.2, 0.25) is 0 Å². The molecule has 0 spiro atoms. The van der Waals surface area contributed by atoms with Gasteiger partial charge < -0.3 is 19.3 Å². The van der Waals surface area contributed by atoms with E-state index in [0.717, 1.165) is 6.42 Å². The van der Waals surface area contributed by atoms with Gasteiger partial charge in [0.25, 0.3) is 0 Å². The van der Waals surface area contributed by atoms with E-state index in [1.54, 1.807) is 27.4 Å². The molecule has 0 saturated carbocycles. The van der Waals surface area contributed by atoms with Crippen LogP contribution >= 0.6 is 0 Å². The standard InChI is InChI=1S/C25H46O4/c1-11-12-13-18(3)24(28-9)22(7)25(29-10)20(5)15-17(2)14-19(4)23(27-8)21(6)16-26/h11-14,18-26H,1,15-16H2,2-10H3/b13-12+,17-14+. The third-order valence-electron chi connectivity index (χ3n) is 6.04. The van der Waals surface area contributed by atoms with Gasteiger partial charge in [-0.15, -0.1) is 0 Å². The van der Waals surface area contributed by atoms with Crippen LogP contribution in [0.4, 0.5) is 0 Å². The summed E-state index contributed by atoms with van der Waals surface area (Å²) in [5, 5.41) is 9.47. The molecule has 0 aliphatic carbocycles. The van der Waals surface area contributed by atoms with E-state index in [0.29, 0.717) is 5.92 Å². The fourth-order valence-corrected chi connectivity index (χ4v) is 4.73. The normalized spacial score (nSPS) is 21.2. The Labute approximate surface area is 180 Å². The Balaban J connectivity index is 5.22. The molecule has 1 N–H and O–H groups in total. The van der Waals surface area contributed by atoms with Crippen LogP contribution in [0, 0.1) is 29.6 Å². The van der Waals surface area contributed by atoms with E-state index in [-0.39, 0.29) is 48.6 Å². The summed E-state index contributed by atoms with van der Waals surface area (Å²) >= 11 is 0. The SMILES string of the molecule is C=C/C=C/C(C)C(OC)C(C)C(OC)C(C)C/C(C)=C/C(C)C(OC)C(C)CO. The average molecular weight is 411 g/mol. The predicted molar refractivity (Wildman–Crippen MR) is 123 cm³/mol. The summed E-state index contributed by atoms with van der Waals surface area (Å²) in [4.78, 5) is 0. The molecule has 0 aromatic carbocycles. The smallest absolute Gasteiger partial charge is 0.0681 e. The summed E-state index contributed by atoms with van der Waals surface area (Å²) in [6.07, 6.45) is 9.31. The topological polar surface area (TPSA) is 47.9 Å². The summed E-state index contributed by atoms with van der Waals surface area (Å²) in [5.74, 6) is 1.22. The Morgan fingerprint density at radius 3 is 1.86 bits per heavy atom. The van der Waals surface area contributed by atoms with E-state index in [1.807, 2.05) is 13.0 Å². The van der Waals surface area contributed by atoms with Gasteiger partial charge in [-0.25, -0.2) is 0 Å².